The molecule has 0 bridgehead atoms. The molecule has 2 atom stereocenters. The zero-order valence-corrected chi connectivity index (χ0v) is 9.72. The number of nitrogens with zero attached hydrogens (tertiary/aromatic N) is 2. The zero-order chi connectivity index (χ0) is 11.9. The van der Waals surface area contributed by atoms with Crippen LogP contribution in [-0.2, 0) is 4.79 Å². The SMILES string of the molecule is CC(C)[C@@H]1C[C@H]2C(=O)N(CCO)C(=O)N2C1. The first kappa shape index (κ1) is 11.4. The van der Waals surface area contributed by atoms with Crippen LogP contribution >= 0.6 is 0 Å². The van der Waals surface area contributed by atoms with E-state index in [4.69, 9.17) is 5.11 Å². The Kier molecular flexibility index (Phi) is 2.88. The standard InChI is InChI=1S/C11H18N2O3/c1-7(2)8-5-9-10(15)12(3-4-14)11(16)13(9)6-8/h7-9,14H,3-6H2,1-2H3/t8-,9+/m1/s1. The van der Waals surface area contributed by atoms with Crippen molar-refractivity contribution < 1.29 is 14.7 Å². The van der Waals surface area contributed by atoms with E-state index in [-0.39, 0.29) is 31.1 Å². The van der Waals surface area contributed by atoms with E-state index >= 15 is 0 Å². The quantitative estimate of drug-likeness (QED) is 0.703. The minimum Gasteiger partial charge on any atom is -0.395 e. The lowest BCUT2D eigenvalue weighted by atomic mass is 9.93. The molecular formula is C11H18N2O3. The van der Waals surface area contributed by atoms with Crippen molar-refractivity contribution in [2.45, 2.75) is 26.3 Å². The molecule has 2 saturated heterocycles. The second kappa shape index (κ2) is 4.05. The van der Waals surface area contributed by atoms with Crippen molar-refractivity contribution in [3.05, 3.63) is 0 Å². The third-order valence-corrected chi connectivity index (χ3v) is 3.63. The Balaban J connectivity index is 2.11. The highest BCUT2D eigenvalue weighted by atomic mass is 16.3. The minimum absolute atomic E-state index is 0.122. The van der Waals surface area contributed by atoms with Gasteiger partial charge in [-0.15, -0.1) is 0 Å². The van der Waals surface area contributed by atoms with Crippen molar-refractivity contribution in [1.29, 1.82) is 0 Å². The summed E-state index contributed by atoms with van der Waals surface area (Å²) in [6.45, 7) is 4.87. The summed E-state index contributed by atoms with van der Waals surface area (Å²) in [4.78, 5) is 26.6. The predicted molar refractivity (Wildman–Crippen MR) is 57.6 cm³/mol. The Hall–Kier alpha value is -1.10. The van der Waals surface area contributed by atoms with Crippen LogP contribution in [0.4, 0.5) is 4.79 Å². The van der Waals surface area contributed by atoms with Crippen LogP contribution in [0.15, 0.2) is 0 Å². The van der Waals surface area contributed by atoms with Crippen LogP contribution in [0, 0.1) is 11.8 Å². The average molecular weight is 226 g/mol. The molecule has 2 aliphatic heterocycles. The largest absolute Gasteiger partial charge is 0.395 e. The van der Waals surface area contributed by atoms with Crippen LogP contribution in [0.1, 0.15) is 20.3 Å². The molecule has 0 aromatic rings. The number of β-amino-alcohol motifs (C(OH)–C–C–N with tert-alkyl or cyclic N) is 1. The van der Waals surface area contributed by atoms with Crippen LogP contribution in [0.5, 0.6) is 0 Å². The molecule has 2 heterocycles. The summed E-state index contributed by atoms with van der Waals surface area (Å²) < 4.78 is 0. The normalized spacial score (nSPS) is 29.5. The topological polar surface area (TPSA) is 60.9 Å². The third kappa shape index (κ3) is 1.59. The van der Waals surface area contributed by atoms with Crippen molar-refractivity contribution in [3.8, 4) is 0 Å². The molecule has 0 saturated carbocycles. The van der Waals surface area contributed by atoms with Gasteiger partial charge in [-0.2, -0.15) is 0 Å². The van der Waals surface area contributed by atoms with Gasteiger partial charge in [0, 0.05) is 6.54 Å². The van der Waals surface area contributed by atoms with E-state index in [0.29, 0.717) is 18.4 Å². The molecular weight excluding hydrogens is 208 g/mol. The fourth-order valence-corrected chi connectivity index (χ4v) is 2.53. The molecule has 0 radical (unpaired) electrons. The maximum Gasteiger partial charge on any atom is 0.327 e. The molecule has 2 fully saturated rings. The van der Waals surface area contributed by atoms with Gasteiger partial charge in [-0.05, 0) is 18.3 Å². The monoisotopic (exact) mass is 226 g/mol. The van der Waals surface area contributed by atoms with Gasteiger partial charge >= 0.3 is 6.03 Å². The van der Waals surface area contributed by atoms with Crippen LogP contribution in [0.2, 0.25) is 0 Å². The van der Waals surface area contributed by atoms with E-state index in [0.717, 1.165) is 6.42 Å². The van der Waals surface area contributed by atoms with Gasteiger partial charge in [0.15, 0.2) is 0 Å². The molecule has 16 heavy (non-hydrogen) atoms. The first-order valence-corrected chi connectivity index (χ1v) is 5.79. The number of amides is 3. The Morgan fingerprint density at radius 3 is 2.62 bits per heavy atom. The van der Waals surface area contributed by atoms with Crippen molar-refractivity contribution in [1.82, 2.24) is 9.80 Å². The molecule has 0 unspecified atom stereocenters. The summed E-state index contributed by atoms with van der Waals surface area (Å²) in [7, 11) is 0. The molecule has 5 nitrogen and oxygen atoms in total. The van der Waals surface area contributed by atoms with E-state index in [1.54, 1.807) is 4.90 Å². The van der Waals surface area contributed by atoms with Gasteiger partial charge < -0.3 is 10.0 Å². The van der Waals surface area contributed by atoms with Crippen molar-refractivity contribution in [2.24, 2.45) is 11.8 Å². The number of rotatable bonds is 3. The highest BCUT2D eigenvalue weighted by molar-refractivity contribution is 6.04. The Morgan fingerprint density at radius 2 is 2.12 bits per heavy atom. The van der Waals surface area contributed by atoms with E-state index in [9.17, 15) is 9.59 Å². The lowest BCUT2D eigenvalue weighted by Crippen LogP contribution is -2.36. The van der Waals surface area contributed by atoms with Crippen LogP contribution in [0.25, 0.3) is 0 Å². The van der Waals surface area contributed by atoms with E-state index < -0.39 is 0 Å². The number of carbonyl (C=O) groups is 2. The molecule has 5 heteroatoms. The fourth-order valence-electron chi connectivity index (χ4n) is 2.53. The van der Waals surface area contributed by atoms with Crippen molar-refractivity contribution in [3.63, 3.8) is 0 Å². The number of hydrogen-bond acceptors (Lipinski definition) is 3. The predicted octanol–water partition coefficient (Wildman–Crippen LogP) is 0.287. The molecule has 3 amide bonds. The maximum atomic E-state index is 11.9. The number of fused-ring (bicyclic) bond motifs is 1. The van der Waals surface area contributed by atoms with Crippen LogP contribution < -0.4 is 0 Å². The molecule has 2 rings (SSSR count). The van der Waals surface area contributed by atoms with Crippen molar-refractivity contribution >= 4 is 11.9 Å². The molecule has 0 aromatic heterocycles. The number of urea groups is 1. The van der Waals surface area contributed by atoms with E-state index in [1.807, 2.05) is 0 Å². The van der Waals surface area contributed by atoms with Gasteiger partial charge in [0.2, 0.25) is 0 Å². The average Bonchev–Trinajstić information content (AvgIpc) is 2.75. The van der Waals surface area contributed by atoms with Gasteiger partial charge in [0.25, 0.3) is 5.91 Å². The summed E-state index contributed by atoms with van der Waals surface area (Å²) in [5, 5.41) is 8.80. The second-order valence-corrected chi connectivity index (χ2v) is 4.90. The summed E-state index contributed by atoms with van der Waals surface area (Å²) in [6.07, 6.45) is 0.768. The van der Waals surface area contributed by atoms with Gasteiger partial charge in [-0.1, -0.05) is 13.8 Å². The minimum atomic E-state index is -0.272. The first-order valence-electron chi connectivity index (χ1n) is 5.79. The summed E-state index contributed by atoms with van der Waals surface area (Å²) in [5.74, 6) is 0.786. The molecule has 0 aliphatic carbocycles. The Bertz CT molecular complexity index is 292. The number of aliphatic hydroxyl groups excluding tert-OH is 1. The molecule has 0 aromatic carbocycles. The second-order valence-electron chi connectivity index (χ2n) is 4.90. The zero-order valence-electron chi connectivity index (χ0n) is 9.72. The van der Waals surface area contributed by atoms with Gasteiger partial charge in [-0.3, -0.25) is 9.69 Å². The summed E-state index contributed by atoms with van der Waals surface area (Å²) in [5.41, 5.74) is 0. The molecule has 0 spiro atoms. The maximum absolute atomic E-state index is 11.9. The smallest absolute Gasteiger partial charge is 0.327 e. The van der Waals surface area contributed by atoms with Gasteiger partial charge in [-0.25, -0.2) is 4.79 Å². The number of imide groups is 1. The highest BCUT2D eigenvalue weighted by Gasteiger charge is 2.50. The molecule has 1 N–H and O–H groups in total. The van der Waals surface area contributed by atoms with E-state index in [2.05, 4.69) is 13.8 Å². The lowest BCUT2D eigenvalue weighted by Gasteiger charge is -2.18. The van der Waals surface area contributed by atoms with Gasteiger partial charge in [0.05, 0.1) is 13.2 Å². The number of hydrogen-bond donors (Lipinski definition) is 1. The van der Waals surface area contributed by atoms with Gasteiger partial charge in [0.1, 0.15) is 6.04 Å². The number of aliphatic hydroxyl groups is 1. The van der Waals surface area contributed by atoms with Crippen LogP contribution in [0.3, 0.4) is 0 Å². The summed E-state index contributed by atoms with van der Waals surface area (Å²) in [6, 6.07) is -0.501. The van der Waals surface area contributed by atoms with E-state index in [1.165, 1.54) is 4.90 Å². The van der Waals surface area contributed by atoms with Crippen LogP contribution in [-0.4, -0.2) is 52.6 Å². The Morgan fingerprint density at radius 1 is 1.44 bits per heavy atom. The summed E-state index contributed by atoms with van der Waals surface area (Å²) >= 11 is 0. The first-order chi connectivity index (χ1) is 7.56. The highest BCUT2D eigenvalue weighted by Crippen LogP contribution is 2.34. The molecule has 90 valence electrons. The lowest BCUT2D eigenvalue weighted by molar-refractivity contribution is -0.128. The third-order valence-electron chi connectivity index (χ3n) is 3.63. The number of carbonyl (C=O) groups excluding carboxylic acids is 2. The fraction of sp³-hybridized carbons (Fsp3) is 0.818. The Labute approximate surface area is 95.0 Å². The molecule has 2 aliphatic rings. The van der Waals surface area contributed by atoms with Crippen molar-refractivity contribution in [2.75, 3.05) is 19.7 Å².